The highest BCUT2D eigenvalue weighted by molar-refractivity contribution is 5.74. The summed E-state index contributed by atoms with van der Waals surface area (Å²) < 4.78 is 15.3. The fourth-order valence-corrected chi connectivity index (χ4v) is 3.92. The lowest BCUT2D eigenvalue weighted by Gasteiger charge is -2.28. The minimum Gasteiger partial charge on any atom is -0.491 e. The van der Waals surface area contributed by atoms with Crippen molar-refractivity contribution in [1.82, 2.24) is 18.7 Å². The van der Waals surface area contributed by atoms with Crippen molar-refractivity contribution in [2.45, 2.75) is 26.0 Å². The van der Waals surface area contributed by atoms with E-state index in [0.29, 0.717) is 43.6 Å². The van der Waals surface area contributed by atoms with E-state index in [1.807, 2.05) is 29.2 Å². The highest BCUT2D eigenvalue weighted by Crippen LogP contribution is 2.22. The number of aryl methyl sites for hydroxylation is 2. The second kappa shape index (κ2) is 9.17. The van der Waals surface area contributed by atoms with Gasteiger partial charge in [0, 0.05) is 27.2 Å². The van der Waals surface area contributed by atoms with E-state index >= 15 is 0 Å². The minimum absolute atomic E-state index is 0.0570. The highest BCUT2D eigenvalue weighted by Gasteiger charge is 2.25. The van der Waals surface area contributed by atoms with E-state index in [4.69, 9.17) is 9.47 Å². The maximum Gasteiger partial charge on any atom is 0.332 e. The lowest BCUT2D eigenvalue weighted by atomic mass is 10.2. The Morgan fingerprint density at radius 3 is 2.66 bits per heavy atom. The summed E-state index contributed by atoms with van der Waals surface area (Å²) in [5.41, 5.74) is 0.835. The first-order valence-corrected chi connectivity index (χ1v) is 10.8. The maximum atomic E-state index is 13.0. The molecule has 32 heavy (non-hydrogen) atoms. The number of rotatable bonds is 7. The number of anilines is 1. The zero-order valence-corrected chi connectivity index (χ0v) is 18.7. The van der Waals surface area contributed by atoms with Crippen LogP contribution in [0.3, 0.4) is 0 Å². The van der Waals surface area contributed by atoms with Crippen molar-refractivity contribution in [3.05, 3.63) is 50.7 Å². The summed E-state index contributed by atoms with van der Waals surface area (Å²) in [6.45, 7) is 4.52. The molecule has 0 aliphatic carbocycles. The number of imidazole rings is 1. The van der Waals surface area contributed by atoms with Gasteiger partial charge in [0.1, 0.15) is 18.5 Å². The second-order valence-corrected chi connectivity index (χ2v) is 7.97. The molecule has 1 aliphatic heterocycles. The van der Waals surface area contributed by atoms with Crippen LogP contribution in [0.15, 0.2) is 33.9 Å². The third kappa shape index (κ3) is 4.15. The van der Waals surface area contributed by atoms with Crippen LogP contribution in [0, 0.1) is 0 Å². The van der Waals surface area contributed by atoms with Crippen LogP contribution in [0.25, 0.3) is 11.2 Å². The number of aliphatic hydroxyl groups excluding tert-OH is 1. The first-order valence-electron chi connectivity index (χ1n) is 10.8. The summed E-state index contributed by atoms with van der Waals surface area (Å²) in [5, 5.41) is 10.8. The topological polar surface area (TPSA) is 104 Å². The largest absolute Gasteiger partial charge is 0.491 e. The summed E-state index contributed by atoms with van der Waals surface area (Å²) in [4.78, 5) is 32.0. The van der Waals surface area contributed by atoms with Crippen molar-refractivity contribution in [3.63, 3.8) is 0 Å². The molecule has 10 nitrogen and oxygen atoms in total. The molecule has 2 aromatic heterocycles. The van der Waals surface area contributed by atoms with E-state index in [1.54, 1.807) is 11.6 Å². The number of aliphatic hydroxyl groups is 1. The summed E-state index contributed by atoms with van der Waals surface area (Å²) >= 11 is 0. The molecule has 1 fully saturated rings. The molecule has 0 radical (unpaired) electrons. The van der Waals surface area contributed by atoms with Crippen molar-refractivity contribution in [2.75, 3.05) is 37.8 Å². The average molecular weight is 444 g/mol. The highest BCUT2D eigenvalue weighted by atomic mass is 16.5. The monoisotopic (exact) mass is 443 g/mol. The first kappa shape index (κ1) is 22.1. The van der Waals surface area contributed by atoms with E-state index in [2.05, 4.69) is 11.9 Å². The van der Waals surface area contributed by atoms with Crippen molar-refractivity contribution >= 4 is 17.1 Å². The molecule has 1 atom stereocenters. The van der Waals surface area contributed by atoms with E-state index < -0.39 is 17.4 Å². The van der Waals surface area contributed by atoms with Gasteiger partial charge in [-0.05, 0) is 24.1 Å². The average Bonchev–Trinajstić information content (AvgIpc) is 3.20. The Labute approximate surface area is 185 Å². The third-order valence-electron chi connectivity index (χ3n) is 5.76. The zero-order valence-electron chi connectivity index (χ0n) is 18.7. The third-order valence-corrected chi connectivity index (χ3v) is 5.76. The molecule has 4 rings (SSSR count). The van der Waals surface area contributed by atoms with Crippen molar-refractivity contribution in [3.8, 4) is 5.75 Å². The Morgan fingerprint density at radius 2 is 1.94 bits per heavy atom. The van der Waals surface area contributed by atoms with Gasteiger partial charge < -0.3 is 24.0 Å². The van der Waals surface area contributed by atoms with Gasteiger partial charge in [0.05, 0.1) is 19.8 Å². The van der Waals surface area contributed by atoms with Gasteiger partial charge in [-0.1, -0.05) is 19.1 Å². The summed E-state index contributed by atoms with van der Waals surface area (Å²) in [7, 11) is 3.03. The molecule has 0 bridgehead atoms. The van der Waals surface area contributed by atoms with Gasteiger partial charge in [0.2, 0.25) is 5.95 Å². The summed E-state index contributed by atoms with van der Waals surface area (Å²) in [6.07, 6.45) is 0.00512. The standard InChI is InChI=1S/C22H29N5O5/c1-4-15-6-5-7-17(12-15)32-14-16(28)13-27-18-19(24(2)22(30)25(3)20(18)29)23-21(27)26-8-10-31-11-9-26/h5-7,12,16,28H,4,8-11,13-14H2,1-3H3. The van der Waals surface area contributed by atoms with Crippen LogP contribution in [-0.4, -0.2) is 62.8 Å². The lowest BCUT2D eigenvalue weighted by molar-refractivity contribution is 0.0927. The van der Waals surface area contributed by atoms with Crippen molar-refractivity contribution in [1.29, 1.82) is 0 Å². The van der Waals surface area contributed by atoms with Gasteiger partial charge in [-0.3, -0.25) is 13.9 Å². The second-order valence-electron chi connectivity index (χ2n) is 7.97. The number of hydrogen-bond acceptors (Lipinski definition) is 7. The SMILES string of the molecule is CCc1cccc(OCC(O)Cn2c(N3CCOCC3)nc3c2c(=O)n(C)c(=O)n3C)c1. The zero-order chi connectivity index (χ0) is 22.8. The number of aromatic nitrogens is 4. The molecule has 0 spiro atoms. The molecule has 3 aromatic rings. The number of morpholine rings is 1. The Balaban J connectivity index is 1.67. The van der Waals surface area contributed by atoms with Gasteiger partial charge in [0.25, 0.3) is 5.56 Å². The molecular weight excluding hydrogens is 414 g/mol. The molecule has 1 aliphatic rings. The van der Waals surface area contributed by atoms with E-state index in [1.165, 1.54) is 11.6 Å². The van der Waals surface area contributed by atoms with Gasteiger partial charge in [-0.15, -0.1) is 0 Å². The lowest BCUT2D eigenvalue weighted by Crippen LogP contribution is -2.39. The van der Waals surface area contributed by atoms with Crippen LogP contribution in [0.1, 0.15) is 12.5 Å². The van der Waals surface area contributed by atoms with E-state index in [0.717, 1.165) is 16.6 Å². The predicted molar refractivity (Wildman–Crippen MR) is 121 cm³/mol. The van der Waals surface area contributed by atoms with E-state index in [-0.39, 0.29) is 18.7 Å². The molecule has 3 heterocycles. The molecule has 0 saturated carbocycles. The molecular formula is C22H29N5O5. The molecule has 1 saturated heterocycles. The van der Waals surface area contributed by atoms with Gasteiger partial charge in [0.15, 0.2) is 11.2 Å². The minimum atomic E-state index is -0.889. The number of benzene rings is 1. The van der Waals surface area contributed by atoms with Crippen LogP contribution in [0.5, 0.6) is 5.75 Å². The predicted octanol–water partition coefficient (Wildman–Crippen LogP) is 0.273. The maximum absolute atomic E-state index is 13.0. The summed E-state index contributed by atoms with van der Waals surface area (Å²) in [5.74, 6) is 1.22. The van der Waals surface area contributed by atoms with Crippen LogP contribution in [0.4, 0.5) is 5.95 Å². The number of fused-ring (bicyclic) bond motifs is 1. The fraction of sp³-hybridized carbons (Fsp3) is 0.500. The van der Waals surface area contributed by atoms with Crippen molar-refractivity contribution in [2.24, 2.45) is 14.1 Å². The molecule has 172 valence electrons. The molecule has 10 heteroatoms. The van der Waals surface area contributed by atoms with Gasteiger partial charge in [-0.2, -0.15) is 4.98 Å². The Morgan fingerprint density at radius 1 is 1.19 bits per heavy atom. The fourth-order valence-electron chi connectivity index (χ4n) is 3.92. The Kier molecular flexibility index (Phi) is 6.33. The molecule has 1 aromatic carbocycles. The Bertz CT molecular complexity index is 1220. The van der Waals surface area contributed by atoms with Crippen LogP contribution in [-0.2, 0) is 31.8 Å². The van der Waals surface area contributed by atoms with Gasteiger partial charge in [-0.25, -0.2) is 4.79 Å². The summed E-state index contributed by atoms with van der Waals surface area (Å²) in [6, 6.07) is 7.74. The first-order chi connectivity index (χ1) is 15.4. The molecule has 1 N–H and O–H groups in total. The quantitative estimate of drug-likeness (QED) is 0.559. The number of hydrogen-bond donors (Lipinski definition) is 1. The Hall–Kier alpha value is -3.11. The van der Waals surface area contributed by atoms with Crippen LogP contribution in [0.2, 0.25) is 0 Å². The molecule has 1 unspecified atom stereocenters. The number of ether oxygens (including phenoxy) is 2. The smallest absolute Gasteiger partial charge is 0.332 e. The van der Waals surface area contributed by atoms with Crippen LogP contribution < -0.4 is 20.9 Å². The van der Waals surface area contributed by atoms with E-state index in [9.17, 15) is 14.7 Å². The van der Waals surface area contributed by atoms with Crippen molar-refractivity contribution < 1.29 is 14.6 Å². The van der Waals surface area contributed by atoms with Crippen LogP contribution >= 0.6 is 0 Å². The molecule has 0 amide bonds. The van der Waals surface area contributed by atoms with Gasteiger partial charge >= 0.3 is 5.69 Å². The normalized spacial score (nSPS) is 15.3. The number of nitrogens with zero attached hydrogens (tertiary/aromatic N) is 5.